The molecule has 0 bridgehead atoms. The minimum atomic E-state index is -2.80. The van der Waals surface area contributed by atoms with Crippen molar-refractivity contribution in [3.8, 4) is 5.75 Å². The largest absolute Gasteiger partial charge is 0.496 e. The molecular formula is C14H17F2NO2. The van der Waals surface area contributed by atoms with Crippen LogP contribution in [-0.4, -0.2) is 20.3 Å². The first kappa shape index (κ1) is 13.8. The third kappa shape index (κ3) is 3.67. The first-order valence-corrected chi connectivity index (χ1v) is 6.25. The molecule has 104 valence electrons. The summed E-state index contributed by atoms with van der Waals surface area (Å²) in [6.07, 6.45) is 4.09. The first-order valence-electron chi connectivity index (χ1n) is 6.25. The molecule has 1 aliphatic rings. The zero-order valence-corrected chi connectivity index (χ0v) is 10.7. The molecule has 5 heteroatoms. The van der Waals surface area contributed by atoms with Crippen molar-refractivity contribution in [1.82, 2.24) is 5.32 Å². The number of benzene rings is 1. The topological polar surface area (TPSA) is 30.5 Å². The van der Waals surface area contributed by atoms with Crippen LogP contribution in [0.4, 0.5) is 8.78 Å². The van der Waals surface area contributed by atoms with Gasteiger partial charge in [0, 0.05) is 0 Å². The van der Waals surface area contributed by atoms with Crippen LogP contribution in [0.15, 0.2) is 36.1 Å². The molecule has 0 saturated carbocycles. The lowest BCUT2D eigenvalue weighted by Gasteiger charge is -2.24. The monoisotopic (exact) mass is 269 g/mol. The van der Waals surface area contributed by atoms with Crippen LogP contribution < -0.4 is 10.1 Å². The summed E-state index contributed by atoms with van der Waals surface area (Å²) in [5, 5.41) is 3.17. The summed E-state index contributed by atoms with van der Waals surface area (Å²) in [5.41, 5.74) is 0.956. The Labute approximate surface area is 111 Å². The van der Waals surface area contributed by atoms with Gasteiger partial charge in [0.05, 0.1) is 12.6 Å². The number of hydrogen-bond acceptors (Lipinski definition) is 3. The van der Waals surface area contributed by atoms with E-state index >= 15 is 0 Å². The number of nitrogens with one attached hydrogen (secondary N) is 1. The van der Waals surface area contributed by atoms with Gasteiger partial charge >= 0.3 is 6.61 Å². The lowest BCUT2D eigenvalue weighted by atomic mass is 10.0. The van der Waals surface area contributed by atoms with Crippen molar-refractivity contribution in [2.45, 2.75) is 25.5 Å². The second-order valence-electron chi connectivity index (χ2n) is 4.27. The van der Waals surface area contributed by atoms with E-state index in [9.17, 15) is 8.78 Å². The predicted octanol–water partition coefficient (Wildman–Crippen LogP) is 3.24. The Morgan fingerprint density at radius 2 is 2.00 bits per heavy atom. The summed E-state index contributed by atoms with van der Waals surface area (Å²) in [5.74, 6) is 1.04. The first-order chi connectivity index (χ1) is 9.20. The molecule has 1 atom stereocenters. The van der Waals surface area contributed by atoms with Crippen LogP contribution in [0.5, 0.6) is 5.75 Å². The molecule has 1 heterocycles. The van der Waals surface area contributed by atoms with E-state index in [1.54, 1.807) is 12.1 Å². The summed E-state index contributed by atoms with van der Waals surface area (Å²) in [6, 6.07) is 6.54. The molecule has 0 fully saturated rings. The van der Waals surface area contributed by atoms with E-state index in [1.165, 1.54) is 12.1 Å². The third-order valence-electron chi connectivity index (χ3n) is 2.97. The molecular weight excluding hydrogens is 252 g/mol. The molecule has 0 aromatic heterocycles. The van der Waals surface area contributed by atoms with Crippen molar-refractivity contribution in [2.24, 2.45) is 0 Å². The molecule has 3 nitrogen and oxygen atoms in total. The molecule has 2 rings (SSSR count). The predicted molar refractivity (Wildman–Crippen MR) is 68.1 cm³/mol. The molecule has 19 heavy (non-hydrogen) atoms. The van der Waals surface area contributed by atoms with E-state index in [1.807, 2.05) is 7.05 Å². The highest BCUT2D eigenvalue weighted by molar-refractivity contribution is 5.32. The van der Waals surface area contributed by atoms with Crippen molar-refractivity contribution in [1.29, 1.82) is 0 Å². The van der Waals surface area contributed by atoms with Gasteiger partial charge in [0.1, 0.15) is 11.5 Å². The average Bonchev–Trinajstić information content (AvgIpc) is 2.42. The smallest absolute Gasteiger partial charge is 0.387 e. The van der Waals surface area contributed by atoms with E-state index in [4.69, 9.17) is 4.74 Å². The minimum Gasteiger partial charge on any atom is -0.496 e. The molecule has 1 aromatic carbocycles. The zero-order chi connectivity index (χ0) is 13.7. The Bertz CT molecular complexity index is 432. The number of alkyl halides is 2. The highest BCUT2D eigenvalue weighted by Crippen LogP contribution is 2.27. The summed E-state index contributed by atoms with van der Waals surface area (Å²) in [7, 11) is 1.84. The number of hydrogen-bond donors (Lipinski definition) is 1. The number of rotatable bonds is 5. The highest BCUT2D eigenvalue weighted by atomic mass is 19.3. The fourth-order valence-corrected chi connectivity index (χ4v) is 2.09. The molecule has 0 aliphatic carbocycles. The quantitative estimate of drug-likeness (QED) is 0.890. The van der Waals surface area contributed by atoms with Gasteiger partial charge in [0.15, 0.2) is 0 Å². The lowest BCUT2D eigenvalue weighted by Crippen LogP contribution is -2.22. The van der Waals surface area contributed by atoms with Crippen molar-refractivity contribution >= 4 is 0 Å². The van der Waals surface area contributed by atoms with Gasteiger partial charge in [-0.3, -0.25) is 0 Å². The Morgan fingerprint density at radius 3 is 2.53 bits per heavy atom. The fourth-order valence-electron chi connectivity index (χ4n) is 2.09. The summed E-state index contributed by atoms with van der Waals surface area (Å²) < 4.78 is 34.1. The minimum absolute atomic E-state index is 0.0547. The van der Waals surface area contributed by atoms with E-state index in [2.05, 4.69) is 16.1 Å². The standard InChI is InChI=1S/C14H17F2NO2/c1-17-13(12-4-2-3-9-18-12)10-5-7-11(8-6-10)19-14(15)16/h4-8,13-14,17H,2-3,9H2,1H3. The molecule has 1 aliphatic heterocycles. The SMILES string of the molecule is CNC(C1=CCCCO1)c1ccc(OC(F)F)cc1. The lowest BCUT2D eigenvalue weighted by molar-refractivity contribution is -0.0498. The molecule has 0 spiro atoms. The van der Waals surface area contributed by atoms with Crippen LogP contribution in [-0.2, 0) is 4.74 Å². The van der Waals surface area contributed by atoms with E-state index in [0.717, 1.165) is 30.8 Å². The molecule has 1 aromatic rings. The maximum atomic E-state index is 12.1. The molecule has 1 unspecified atom stereocenters. The van der Waals surface area contributed by atoms with Crippen molar-refractivity contribution in [3.63, 3.8) is 0 Å². The van der Waals surface area contributed by atoms with Crippen LogP contribution in [0, 0.1) is 0 Å². The van der Waals surface area contributed by atoms with Gasteiger partial charge in [-0.2, -0.15) is 8.78 Å². The number of ether oxygens (including phenoxy) is 2. The second-order valence-corrected chi connectivity index (χ2v) is 4.27. The van der Waals surface area contributed by atoms with Crippen LogP contribution in [0.2, 0.25) is 0 Å². The molecule has 0 amide bonds. The summed E-state index contributed by atoms with van der Waals surface area (Å²) in [4.78, 5) is 0. The highest BCUT2D eigenvalue weighted by Gasteiger charge is 2.18. The van der Waals surface area contributed by atoms with Gasteiger partial charge in [0.2, 0.25) is 0 Å². The Kier molecular flexibility index (Phi) is 4.74. The van der Waals surface area contributed by atoms with Crippen molar-refractivity contribution < 1.29 is 18.3 Å². The van der Waals surface area contributed by atoms with Gasteiger partial charge in [-0.05, 0) is 43.7 Å². The van der Waals surface area contributed by atoms with Gasteiger partial charge in [0.25, 0.3) is 0 Å². The van der Waals surface area contributed by atoms with Crippen molar-refractivity contribution in [2.75, 3.05) is 13.7 Å². The molecule has 1 N–H and O–H groups in total. The Balaban J connectivity index is 2.12. The summed E-state index contributed by atoms with van der Waals surface area (Å²) >= 11 is 0. The average molecular weight is 269 g/mol. The van der Waals surface area contributed by atoms with Crippen LogP contribution in [0.25, 0.3) is 0 Å². The number of likely N-dealkylation sites (N-methyl/N-ethyl adjacent to an activating group) is 1. The van der Waals surface area contributed by atoms with E-state index in [-0.39, 0.29) is 11.8 Å². The number of halogens is 2. The summed E-state index contributed by atoms with van der Waals surface area (Å²) in [6.45, 7) is -2.08. The van der Waals surface area contributed by atoms with Gasteiger partial charge < -0.3 is 14.8 Å². The normalized spacial score (nSPS) is 16.7. The van der Waals surface area contributed by atoms with Gasteiger partial charge in [-0.15, -0.1) is 0 Å². The van der Waals surface area contributed by atoms with Crippen LogP contribution in [0.1, 0.15) is 24.4 Å². The Hall–Kier alpha value is -1.62. The maximum Gasteiger partial charge on any atom is 0.387 e. The second kappa shape index (κ2) is 6.52. The van der Waals surface area contributed by atoms with Gasteiger partial charge in [-0.25, -0.2) is 0 Å². The third-order valence-corrected chi connectivity index (χ3v) is 2.97. The molecule has 0 radical (unpaired) electrons. The van der Waals surface area contributed by atoms with E-state index in [0.29, 0.717) is 0 Å². The Morgan fingerprint density at radius 1 is 1.26 bits per heavy atom. The van der Waals surface area contributed by atoms with Crippen LogP contribution >= 0.6 is 0 Å². The fraction of sp³-hybridized carbons (Fsp3) is 0.429. The zero-order valence-electron chi connectivity index (χ0n) is 10.7. The van der Waals surface area contributed by atoms with Crippen LogP contribution in [0.3, 0.4) is 0 Å². The van der Waals surface area contributed by atoms with Crippen molar-refractivity contribution in [3.05, 3.63) is 41.7 Å². The van der Waals surface area contributed by atoms with Gasteiger partial charge in [-0.1, -0.05) is 12.1 Å². The maximum absolute atomic E-state index is 12.1. The molecule has 0 saturated heterocycles. The number of allylic oxidation sites excluding steroid dienone is 1. The van der Waals surface area contributed by atoms with E-state index < -0.39 is 6.61 Å².